The van der Waals surface area contributed by atoms with E-state index < -0.39 is 12.0 Å². The molecule has 0 aliphatic carbocycles. The molecule has 2 rings (SSSR count). The van der Waals surface area contributed by atoms with Crippen LogP contribution in [0, 0.1) is 0 Å². The lowest BCUT2D eigenvalue weighted by atomic mass is 10.2. The third-order valence-corrected chi connectivity index (χ3v) is 2.85. The minimum absolute atomic E-state index is 0.158. The highest BCUT2D eigenvalue weighted by molar-refractivity contribution is 6.30. The third-order valence-electron chi connectivity index (χ3n) is 2.60. The topological polar surface area (TPSA) is 57.6 Å². The monoisotopic (exact) mass is 239 g/mol. The first-order valence-corrected chi connectivity index (χ1v) is 5.28. The summed E-state index contributed by atoms with van der Waals surface area (Å²) in [6, 6.07) is 5.83. The molecule has 1 heterocycles. The van der Waals surface area contributed by atoms with Crippen molar-refractivity contribution < 1.29 is 14.7 Å². The largest absolute Gasteiger partial charge is 0.480 e. The molecule has 1 amide bonds. The van der Waals surface area contributed by atoms with Crippen LogP contribution in [-0.2, 0) is 9.59 Å². The lowest BCUT2D eigenvalue weighted by molar-refractivity contribution is -0.138. The van der Waals surface area contributed by atoms with Gasteiger partial charge in [0.15, 0.2) is 0 Å². The predicted molar refractivity (Wildman–Crippen MR) is 59.6 cm³/mol. The number of carbonyl (C=O) groups excluding carboxylic acids is 1. The number of carbonyl (C=O) groups is 2. The molecule has 1 aromatic carbocycles. The third kappa shape index (κ3) is 1.88. The number of halogens is 1. The molecular weight excluding hydrogens is 230 g/mol. The summed E-state index contributed by atoms with van der Waals surface area (Å²) >= 11 is 5.73. The number of benzene rings is 1. The zero-order valence-electron chi connectivity index (χ0n) is 8.39. The SMILES string of the molecule is O=C(O)[C@@H]1CCC(=O)N1c1ccc(Cl)cc1. The number of rotatable bonds is 2. The van der Waals surface area contributed by atoms with Gasteiger partial charge in [-0.15, -0.1) is 0 Å². The number of carboxylic acids is 1. The lowest BCUT2D eigenvalue weighted by Gasteiger charge is -2.21. The second-order valence-electron chi connectivity index (χ2n) is 3.63. The molecule has 1 saturated heterocycles. The summed E-state index contributed by atoms with van der Waals surface area (Å²) in [6.07, 6.45) is 0.635. The van der Waals surface area contributed by atoms with Gasteiger partial charge < -0.3 is 5.11 Å². The van der Waals surface area contributed by atoms with Crippen LogP contribution in [0.15, 0.2) is 24.3 Å². The first kappa shape index (κ1) is 11.0. The molecule has 1 fully saturated rings. The van der Waals surface area contributed by atoms with Crippen molar-refractivity contribution in [3.63, 3.8) is 0 Å². The number of aliphatic carboxylic acids is 1. The normalized spacial score (nSPS) is 20.2. The Balaban J connectivity index is 2.33. The smallest absolute Gasteiger partial charge is 0.326 e. The van der Waals surface area contributed by atoms with Gasteiger partial charge in [0.1, 0.15) is 6.04 Å². The quantitative estimate of drug-likeness (QED) is 0.858. The van der Waals surface area contributed by atoms with Crippen molar-refractivity contribution in [2.24, 2.45) is 0 Å². The summed E-state index contributed by atoms with van der Waals surface area (Å²) < 4.78 is 0. The van der Waals surface area contributed by atoms with Crippen LogP contribution in [0.1, 0.15) is 12.8 Å². The van der Waals surface area contributed by atoms with E-state index in [4.69, 9.17) is 16.7 Å². The van der Waals surface area contributed by atoms with Crippen molar-refractivity contribution in [3.05, 3.63) is 29.3 Å². The number of hydrogen-bond acceptors (Lipinski definition) is 2. The number of amides is 1. The van der Waals surface area contributed by atoms with Crippen molar-refractivity contribution in [1.82, 2.24) is 0 Å². The summed E-state index contributed by atoms with van der Waals surface area (Å²) in [5, 5.41) is 9.56. The highest BCUT2D eigenvalue weighted by atomic mass is 35.5. The van der Waals surface area contributed by atoms with Crippen molar-refractivity contribution >= 4 is 29.2 Å². The van der Waals surface area contributed by atoms with E-state index in [1.165, 1.54) is 4.90 Å². The van der Waals surface area contributed by atoms with E-state index in [-0.39, 0.29) is 12.3 Å². The van der Waals surface area contributed by atoms with E-state index >= 15 is 0 Å². The van der Waals surface area contributed by atoms with Gasteiger partial charge in [-0.05, 0) is 30.7 Å². The zero-order valence-corrected chi connectivity index (χ0v) is 9.15. The van der Waals surface area contributed by atoms with Crippen molar-refractivity contribution in [1.29, 1.82) is 0 Å². The predicted octanol–water partition coefficient (Wildman–Crippen LogP) is 1.92. The van der Waals surface area contributed by atoms with Gasteiger partial charge in [-0.1, -0.05) is 11.6 Å². The highest BCUT2D eigenvalue weighted by Crippen LogP contribution is 2.27. The van der Waals surface area contributed by atoms with E-state index in [1.54, 1.807) is 24.3 Å². The average molecular weight is 240 g/mol. The molecule has 1 atom stereocenters. The van der Waals surface area contributed by atoms with E-state index in [2.05, 4.69) is 0 Å². The van der Waals surface area contributed by atoms with Crippen LogP contribution in [-0.4, -0.2) is 23.0 Å². The van der Waals surface area contributed by atoms with Crippen LogP contribution in [0.3, 0.4) is 0 Å². The van der Waals surface area contributed by atoms with Crippen LogP contribution in [0.2, 0.25) is 5.02 Å². The van der Waals surface area contributed by atoms with Gasteiger partial charge >= 0.3 is 5.97 Å². The van der Waals surface area contributed by atoms with E-state index in [0.717, 1.165) is 0 Å². The summed E-state index contributed by atoms with van der Waals surface area (Å²) in [5.41, 5.74) is 0.583. The maximum absolute atomic E-state index is 11.6. The Morgan fingerprint density at radius 3 is 2.56 bits per heavy atom. The van der Waals surface area contributed by atoms with Gasteiger partial charge in [0, 0.05) is 17.1 Å². The van der Waals surface area contributed by atoms with Gasteiger partial charge in [-0.25, -0.2) is 4.79 Å². The van der Waals surface area contributed by atoms with Crippen LogP contribution < -0.4 is 4.90 Å². The van der Waals surface area contributed by atoms with Crippen molar-refractivity contribution in [2.45, 2.75) is 18.9 Å². The van der Waals surface area contributed by atoms with Gasteiger partial charge in [-0.2, -0.15) is 0 Å². The molecule has 0 spiro atoms. The Morgan fingerprint density at radius 1 is 1.38 bits per heavy atom. The standard InChI is InChI=1S/C11H10ClNO3/c12-7-1-3-8(4-2-7)13-9(11(15)16)5-6-10(13)14/h1-4,9H,5-6H2,(H,15,16)/t9-/m0/s1. The minimum atomic E-state index is -0.971. The molecule has 1 aliphatic heterocycles. The number of anilines is 1. The molecule has 1 aromatic rings. The maximum atomic E-state index is 11.6. The van der Waals surface area contributed by atoms with Crippen LogP contribution in [0.4, 0.5) is 5.69 Å². The number of nitrogens with zero attached hydrogens (tertiary/aromatic N) is 1. The second-order valence-corrected chi connectivity index (χ2v) is 4.07. The Morgan fingerprint density at radius 2 is 2.00 bits per heavy atom. The van der Waals surface area contributed by atoms with Crippen LogP contribution in [0.5, 0.6) is 0 Å². The summed E-state index contributed by atoms with van der Waals surface area (Å²) in [6.45, 7) is 0. The molecule has 1 aliphatic rings. The minimum Gasteiger partial charge on any atom is -0.480 e. The summed E-state index contributed by atoms with van der Waals surface area (Å²) in [4.78, 5) is 23.9. The van der Waals surface area contributed by atoms with Gasteiger partial charge in [0.2, 0.25) is 5.91 Å². The second kappa shape index (κ2) is 4.14. The van der Waals surface area contributed by atoms with E-state index in [0.29, 0.717) is 17.1 Å². The van der Waals surface area contributed by atoms with E-state index in [1.807, 2.05) is 0 Å². The Kier molecular flexibility index (Phi) is 2.83. The molecule has 0 saturated carbocycles. The van der Waals surface area contributed by atoms with Gasteiger partial charge in [0.05, 0.1) is 0 Å². The highest BCUT2D eigenvalue weighted by Gasteiger charge is 2.36. The molecule has 0 bridgehead atoms. The maximum Gasteiger partial charge on any atom is 0.326 e. The van der Waals surface area contributed by atoms with Crippen molar-refractivity contribution in [2.75, 3.05) is 4.90 Å². The first-order valence-electron chi connectivity index (χ1n) is 4.90. The molecule has 0 unspecified atom stereocenters. The molecule has 0 radical (unpaired) electrons. The molecule has 0 aromatic heterocycles. The molecule has 16 heavy (non-hydrogen) atoms. The fourth-order valence-electron chi connectivity index (χ4n) is 1.84. The zero-order chi connectivity index (χ0) is 11.7. The Labute approximate surface area is 97.4 Å². The fourth-order valence-corrected chi connectivity index (χ4v) is 1.97. The molecule has 5 heteroatoms. The Hall–Kier alpha value is -1.55. The molecular formula is C11H10ClNO3. The van der Waals surface area contributed by atoms with Crippen LogP contribution in [0.25, 0.3) is 0 Å². The van der Waals surface area contributed by atoms with Crippen LogP contribution >= 0.6 is 11.6 Å². The number of carboxylic acid groups (broad SMARTS) is 1. The van der Waals surface area contributed by atoms with Crippen molar-refractivity contribution in [3.8, 4) is 0 Å². The van der Waals surface area contributed by atoms with E-state index in [9.17, 15) is 9.59 Å². The molecule has 4 nitrogen and oxygen atoms in total. The first-order chi connectivity index (χ1) is 7.59. The Bertz CT molecular complexity index is 429. The fraction of sp³-hybridized carbons (Fsp3) is 0.273. The summed E-state index contributed by atoms with van der Waals surface area (Å²) in [7, 11) is 0. The van der Waals surface area contributed by atoms with Gasteiger partial charge in [-0.3, -0.25) is 9.69 Å². The summed E-state index contributed by atoms with van der Waals surface area (Å²) in [5.74, 6) is -1.13. The molecule has 1 N–H and O–H groups in total. The van der Waals surface area contributed by atoms with Gasteiger partial charge in [0.25, 0.3) is 0 Å². The lowest BCUT2D eigenvalue weighted by Crippen LogP contribution is -2.38. The number of hydrogen-bond donors (Lipinski definition) is 1. The molecule has 84 valence electrons. The average Bonchev–Trinajstić information content (AvgIpc) is 2.62.